The summed E-state index contributed by atoms with van der Waals surface area (Å²) in [6.45, 7) is 10.9. The van der Waals surface area contributed by atoms with Crippen LogP contribution in [-0.2, 0) is 0 Å². The van der Waals surface area contributed by atoms with E-state index in [4.69, 9.17) is 0 Å². The van der Waals surface area contributed by atoms with Crippen LogP contribution >= 0.6 is 0 Å². The van der Waals surface area contributed by atoms with Crippen LogP contribution in [0.1, 0.15) is 20.8 Å². The van der Waals surface area contributed by atoms with Crippen molar-refractivity contribution in [2.45, 2.75) is 26.3 Å². The lowest BCUT2D eigenvalue weighted by Crippen LogP contribution is -2.54. The Balaban J connectivity index is 1.84. The molecule has 17 heavy (non-hydrogen) atoms. The third kappa shape index (κ3) is 3.38. The minimum atomic E-state index is 0.259. The highest BCUT2D eigenvalue weighted by Gasteiger charge is 2.25. The van der Waals surface area contributed by atoms with E-state index in [0.717, 1.165) is 26.2 Å². The molecule has 5 heteroatoms. The van der Waals surface area contributed by atoms with E-state index in [9.17, 15) is 0 Å². The Hall–Kier alpha value is -1.20. The zero-order valence-corrected chi connectivity index (χ0v) is 10.8. The molecule has 1 aromatic rings. The van der Waals surface area contributed by atoms with Crippen molar-refractivity contribution >= 4 is 5.95 Å². The molecule has 2 rings (SSSR count). The number of rotatable bonds is 2. The highest BCUT2D eigenvalue weighted by Crippen LogP contribution is 2.15. The van der Waals surface area contributed by atoms with Crippen molar-refractivity contribution in [3.05, 3.63) is 18.5 Å². The van der Waals surface area contributed by atoms with Crippen LogP contribution in [-0.4, -0.2) is 51.6 Å². The van der Waals surface area contributed by atoms with Gasteiger partial charge in [-0.3, -0.25) is 10.3 Å². The van der Waals surface area contributed by atoms with Gasteiger partial charge in [-0.05, 0) is 26.8 Å². The monoisotopic (exact) mass is 235 g/mol. The number of hydrogen-bond acceptors (Lipinski definition) is 5. The maximum absolute atomic E-state index is 4.16. The molecule has 1 fully saturated rings. The van der Waals surface area contributed by atoms with Crippen molar-refractivity contribution in [3.8, 4) is 0 Å². The third-order valence-electron chi connectivity index (χ3n) is 3.05. The number of aromatic nitrogens is 2. The van der Waals surface area contributed by atoms with Crippen LogP contribution in [0.5, 0.6) is 0 Å². The standard InChI is InChI=1S/C12H21N5/c1-12(2,3)16-7-9-17(10-8-16)15-11-13-5-4-6-14-11/h4-6H,7-10H2,1-3H3,(H,13,14,15). The van der Waals surface area contributed by atoms with Crippen LogP contribution in [0.15, 0.2) is 18.5 Å². The second kappa shape index (κ2) is 4.98. The molecule has 0 bridgehead atoms. The Morgan fingerprint density at radius 2 is 1.65 bits per heavy atom. The van der Waals surface area contributed by atoms with Gasteiger partial charge in [-0.15, -0.1) is 0 Å². The van der Waals surface area contributed by atoms with Crippen LogP contribution in [0.4, 0.5) is 5.95 Å². The van der Waals surface area contributed by atoms with Crippen LogP contribution in [0.3, 0.4) is 0 Å². The minimum absolute atomic E-state index is 0.259. The number of hydrogen-bond donors (Lipinski definition) is 1. The molecule has 0 amide bonds. The molecule has 94 valence electrons. The van der Waals surface area contributed by atoms with E-state index in [1.54, 1.807) is 12.4 Å². The van der Waals surface area contributed by atoms with Crippen molar-refractivity contribution in [1.82, 2.24) is 19.9 Å². The molecular weight excluding hydrogens is 214 g/mol. The topological polar surface area (TPSA) is 44.3 Å². The number of piperazine rings is 1. The Labute approximate surface area is 103 Å². The molecule has 2 heterocycles. The molecule has 0 radical (unpaired) electrons. The van der Waals surface area contributed by atoms with E-state index in [2.05, 4.69) is 46.1 Å². The summed E-state index contributed by atoms with van der Waals surface area (Å²) in [5.41, 5.74) is 3.50. The maximum Gasteiger partial charge on any atom is 0.237 e. The van der Waals surface area contributed by atoms with Gasteiger partial charge in [0, 0.05) is 44.1 Å². The van der Waals surface area contributed by atoms with E-state index < -0.39 is 0 Å². The van der Waals surface area contributed by atoms with Crippen molar-refractivity contribution in [1.29, 1.82) is 0 Å². The van der Waals surface area contributed by atoms with Gasteiger partial charge in [-0.1, -0.05) is 0 Å². The first kappa shape index (κ1) is 12.3. The summed E-state index contributed by atoms with van der Waals surface area (Å²) in [7, 11) is 0. The average Bonchev–Trinajstić information content (AvgIpc) is 2.30. The number of nitrogens with zero attached hydrogens (tertiary/aromatic N) is 4. The SMILES string of the molecule is CC(C)(C)N1CCN(Nc2ncccn2)CC1. The van der Waals surface area contributed by atoms with Crippen molar-refractivity contribution in [3.63, 3.8) is 0 Å². The molecule has 0 aliphatic carbocycles. The van der Waals surface area contributed by atoms with E-state index in [0.29, 0.717) is 5.95 Å². The average molecular weight is 235 g/mol. The molecule has 1 saturated heterocycles. The molecule has 0 saturated carbocycles. The van der Waals surface area contributed by atoms with E-state index >= 15 is 0 Å². The fraction of sp³-hybridized carbons (Fsp3) is 0.667. The molecule has 1 aliphatic rings. The van der Waals surface area contributed by atoms with Gasteiger partial charge in [0.05, 0.1) is 0 Å². The van der Waals surface area contributed by atoms with Crippen LogP contribution in [0.2, 0.25) is 0 Å². The highest BCUT2D eigenvalue weighted by molar-refractivity contribution is 5.20. The molecular formula is C12H21N5. The maximum atomic E-state index is 4.16. The molecule has 0 unspecified atom stereocenters. The quantitative estimate of drug-likeness (QED) is 0.835. The molecule has 5 nitrogen and oxygen atoms in total. The van der Waals surface area contributed by atoms with Crippen molar-refractivity contribution in [2.75, 3.05) is 31.6 Å². The van der Waals surface area contributed by atoms with Crippen LogP contribution in [0, 0.1) is 0 Å². The van der Waals surface area contributed by atoms with Gasteiger partial charge in [0.15, 0.2) is 0 Å². The molecule has 1 aliphatic heterocycles. The lowest BCUT2D eigenvalue weighted by molar-refractivity contribution is 0.0726. The largest absolute Gasteiger partial charge is 0.296 e. The summed E-state index contributed by atoms with van der Waals surface area (Å²) in [4.78, 5) is 10.8. The summed E-state index contributed by atoms with van der Waals surface area (Å²) in [5.74, 6) is 0.678. The van der Waals surface area contributed by atoms with Gasteiger partial charge in [-0.2, -0.15) is 0 Å². The lowest BCUT2D eigenvalue weighted by Gasteiger charge is -2.42. The summed E-state index contributed by atoms with van der Waals surface area (Å²) in [5, 5.41) is 2.18. The zero-order chi connectivity index (χ0) is 12.3. The van der Waals surface area contributed by atoms with Crippen LogP contribution in [0.25, 0.3) is 0 Å². The molecule has 0 aromatic carbocycles. The first-order valence-electron chi connectivity index (χ1n) is 6.09. The van der Waals surface area contributed by atoms with Gasteiger partial charge in [0.2, 0.25) is 5.95 Å². The molecule has 1 N–H and O–H groups in total. The van der Waals surface area contributed by atoms with Gasteiger partial charge in [-0.25, -0.2) is 15.0 Å². The fourth-order valence-electron chi connectivity index (χ4n) is 1.99. The van der Waals surface area contributed by atoms with E-state index in [-0.39, 0.29) is 5.54 Å². The Kier molecular flexibility index (Phi) is 3.59. The van der Waals surface area contributed by atoms with Gasteiger partial charge in [0.1, 0.15) is 0 Å². The molecule has 0 spiro atoms. The predicted octanol–water partition coefficient (Wildman–Crippen LogP) is 1.22. The summed E-state index contributed by atoms with van der Waals surface area (Å²) in [6.07, 6.45) is 3.50. The third-order valence-corrected chi connectivity index (χ3v) is 3.05. The van der Waals surface area contributed by atoms with Crippen LogP contribution < -0.4 is 5.43 Å². The summed E-state index contributed by atoms with van der Waals surface area (Å²) < 4.78 is 0. The van der Waals surface area contributed by atoms with Gasteiger partial charge >= 0.3 is 0 Å². The second-order valence-electron chi connectivity index (χ2n) is 5.33. The Bertz CT molecular complexity index is 338. The summed E-state index contributed by atoms with van der Waals surface area (Å²) in [6, 6.07) is 1.82. The number of anilines is 1. The first-order chi connectivity index (χ1) is 8.05. The van der Waals surface area contributed by atoms with Gasteiger partial charge < -0.3 is 0 Å². The van der Waals surface area contributed by atoms with E-state index in [1.807, 2.05) is 6.07 Å². The smallest absolute Gasteiger partial charge is 0.237 e. The number of hydrazine groups is 1. The minimum Gasteiger partial charge on any atom is -0.296 e. The van der Waals surface area contributed by atoms with E-state index in [1.165, 1.54) is 0 Å². The molecule has 1 aromatic heterocycles. The predicted molar refractivity (Wildman–Crippen MR) is 68.6 cm³/mol. The molecule has 0 atom stereocenters. The summed E-state index contributed by atoms with van der Waals surface area (Å²) >= 11 is 0. The Morgan fingerprint density at radius 1 is 1.06 bits per heavy atom. The highest BCUT2D eigenvalue weighted by atomic mass is 15.6. The fourth-order valence-corrected chi connectivity index (χ4v) is 1.99. The number of nitrogens with one attached hydrogen (secondary N) is 1. The van der Waals surface area contributed by atoms with Gasteiger partial charge in [0.25, 0.3) is 0 Å². The van der Waals surface area contributed by atoms with Crippen molar-refractivity contribution < 1.29 is 0 Å². The normalized spacial score (nSPS) is 19.2. The zero-order valence-electron chi connectivity index (χ0n) is 10.8. The first-order valence-corrected chi connectivity index (χ1v) is 6.09. The second-order valence-corrected chi connectivity index (χ2v) is 5.33. The van der Waals surface area contributed by atoms with Crippen molar-refractivity contribution in [2.24, 2.45) is 0 Å². The Morgan fingerprint density at radius 3 is 2.18 bits per heavy atom. The lowest BCUT2D eigenvalue weighted by atomic mass is 10.1.